The lowest BCUT2D eigenvalue weighted by molar-refractivity contribution is -0.134. The van der Waals surface area contributed by atoms with Crippen molar-refractivity contribution in [3.63, 3.8) is 0 Å². The Balaban J connectivity index is 1.94. The van der Waals surface area contributed by atoms with Crippen LogP contribution in [0.1, 0.15) is 29.3 Å². The van der Waals surface area contributed by atoms with E-state index in [-0.39, 0.29) is 29.9 Å². The van der Waals surface area contributed by atoms with Gasteiger partial charge in [0.25, 0.3) is 0 Å². The summed E-state index contributed by atoms with van der Waals surface area (Å²) in [6, 6.07) is 16.5. The van der Waals surface area contributed by atoms with Gasteiger partial charge in [-0.25, -0.2) is 13.6 Å². The molecule has 0 amide bonds. The molecule has 0 aliphatic rings. The molecule has 0 aliphatic carbocycles. The topological polar surface area (TPSA) is 52.6 Å². The number of hydrogen-bond donors (Lipinski definition) is 0. The molecule has 0 radical (unpaired) electrons. The molecule has 6 heteroatoms. The molecule has 0 bridgehead atoms. The maximum Gasteiger partial charge on any atom is 0.342 e. The average molecular weight is 396 g/mol. The molecule has 0 aliphatic heterocycles. The van der Waals surface area contributed by atoms with Crippen LogP contribution in [0.3, 0.4) is 0 Å². The summed E-state index contributed by atoms with van der Waals surface area (Å²) in [5.74, 6) is -2.71. The van der Waals surface area contributed by atoms with Crippen molar-refractivity contribution in [1.82, 2.24) is 0 Å². The molecule has 3 aromatic carbocycles. The zero-order valence-electron chi connectivity index (χ0n) is 15.7. The first-order chi connectivity index (χ1) is 14.0. The van der Waals surface area contributed by atoms with Crippen molar-refractivity contribution in [2.45, 2.75) is 20.0 Å². The van der Waals surface area contributed by atoms with E-state index in [0.717, 1.165) is 17.7 Å². The molecule has 0 spiro atoms. The van der Waals surface area contributed by atoms with Crippen molar-refractivity contribution >= 4 is 11.9 Å². The Morgan fingerprint density at radius 1 is 0.931 bits per heavy atom. The quantitative estimate of drug-likeness (QED) is 0.419. The van der Waals surface area contributed by atoms with Crippen LogP contribution in [0.5, 0.6) is 5.75 Å². The van der Waals surface area contributed by atoms with Gasteiger partial charge in [0.2, 0.25) is 0 Å². The second-order valence-electron chi connectivity index (χ2n) is 6.22. The van der Waals surface area contributed by atoms with Gasteiger partial charge in [0.15, 0.2) is 0 Å². The second-order valence-corrected chi connectivity index (χ2v) is 6.22. The normalized spacial score (nSPS) is 10.4. The van der Waals surface area contributed by atoms with E-state index in [4.69, 9.17) is 9.47 Å². The van der Waals surface area contributed by atoms with Crippen LogP contribution in [0.25, 0.3) is 11.1 Å². The van der Waals surface area contributed by atoms with Gasteiger partial charge in [0.1, 0.15) is 29.6 Å². The fraction of sp³-hybridized carbons (Fsp3) is 0.130. The smallest absolute Gasteiger partial charge is 0.342 e. The summed E-state index contributed by atoms with van der Waals surface area (Å²) < 4.78 is 37.9. The molecule has 3 rings (SSSR count). The van der Waals surface area contributed by atoms with Gasteiger partial charge in [-0.15, -0.1) is 0 Å². The minimum absolute atomic E-state index is 0.0150. The van der Waals surface area contributed by atoms with E-state index >= 15 is 0 Å². The van der Waals surface area contributed by atoms with E-state index in [1.54, 1.807) is 19.1 Å². The molecule has 148 valence electrons. The van der Waals surface area contributed by atoms with Crippen LogP contribution in [-0.4, -0.2) is 11.9 Å². The first-order valence-corrected chi connectivity index (χ1v) is 8.99. The molecular formula is C23H18F2O4. The Kier molecular flexibility index (Phi) is 6.34. The number of esters is 2. The van der Waals surface area contributed by atoms with Gasteiger partial charge in [-0.3, -0.25) is 4.79 Å². The highest BCUT2D eigenvalue weighted by Gasteiger charge is 2.19. The maximum absolute atomic E-state index is 14.2. The monoisotopic (exact) mass is 396 g/mol. The van der Waals surface area contributed by atoms with E-state index in [1.807, 2.05) is 18.2 Å². The summed E-state index contributed by atoms with van der Waals surface area (Å²) in [5.41, 5.74) is 1.19. The van der Waals surface area contributed by atoms with Gasteiger partial charge < -0.3 is 9.47 Å². The number of carbonyl (C=O) groups is 2. The average Bonchev–Trinajstić information content (AvgIpc) is 2.73. The number of ether oxygens (including phenoxy) is 2. The lowest BCUT2D eigenvalue weighted by Crippen LogP contribution is -2.12. The highest BCUT2D eigenvalue weighted by atomic mass is 19.1. The van der Waals surface area contributed by atoms with Crippen LogP contribution in [0.4, 0.5) is 8.78 Å². The summed E-state index contributed by atoms with van der Waals surface area (Å²) >= 11 is 0. The zero-order valence-corrected chi connectivity index (χ0v) is 15.7. The first kappa shape index (κ1) is 20.2. The van der Waals surface area contributed by atoms with E-state index in [0.29, 0.717) is 5.56 Å². The van der Waals surface area contributed by atoms with Crippen LogP contribution in [0.2, 0.25) is 0 Å². The molecule has 0 fully saturated rings. The Bertz CT molecular complexity index is 1030. The van der Waals surface area contributed by atoms with Crippen LogP contribution in [0.15, 0.2) is 66.7 Å². The number of rotatable bonds is 6. The van der Waals surface area contributed by atoms with Crippen molar-refractivity contribution in [3.8, 4) is 16.9 Å². The van der Waals surface area contributed by atoms with Crippen LogP contribution in [-0.2, 0) is 16.1 Å². The number of hydrogen-bond acceptors (Lipinski definition) is 4. The van der Waals surface area contributed by atoms with Gasteiger partial charge >= 0.3 is 11.9 Å². The second kappa shape index (κ2) is 9.10. The van der Waals surface area contributed by atoms with Crippen molar-refractivity contribution in [2.24, 2.45) is 0 Å². The fourth-order valence-corrected chi connectivity index (χ4v) is 2.67. The lowest BCUT2D eigenvalue weighted by atomic mass is 10.0. The van der Waals surface area contributed by atoms with Crippen LogP contribution >= 0.6 is 0 Å². The van der Waals surface area contributed by atoms with Gasteiger partial charge in [0, 0.05) is 18.1 Å². The Morgan fingerprint density at radius 3 is 2.38 bits per heavy atom. The van der Waals surface area contributed by atoms with Gasteiger partial charge in [-0.05, 0) is 35.4 Å². The van der Waals surface area contributed by atoms with E-state index in [1.165, 1.54) is 24.3 Å². The Morgan fingerprint density at radius 2 is 1.69 bits per heavy atom. The molecule has 3 aromatic rings. The summed E-state index contributed by atoms with van der Waals surface area (Å²) in [4.78, 5) is 24.4. The van der Waals surface area contributed by atoms with Gasteiger partial charge in [-0.1, -0.05) is 43.3 Å². The summed E-state index contributed by atoms with van der Waals surface area (Å²) in [6.45, 7) is 1.65. The third-order valence-electron chi connectivity index (χ3n) is 4.17. The minimum Gasteiger partial charge on any atom is -0.457 e. The molecule has 0 saturated carbocycles. The van der Waals surface area contributed by atoms with Crippen molar-refractivity contribution < 1.29 is 27.8 Å². The van der Waals surface area contributed by atoms with Gasteiger partial charge in [0.05, 0.1) is 0 Å². The summed E-state index contributed by atoms with van der Waals surface area (Å²) in [6.07, 6.45) is 0.118. The van der Waals surface area contributed by atoms with E-state index in [2.05, 4.69) is 0 Å². The molecule has 0 heterocycles. The maximum atomic E-state index is 14.2. The predicted octanol–water partition coefficient (Wildman–Crippen LogP) is 5.30. The number of carbonyl (C=O) groups excluding carboxylic acids is 2. The Labute approximate surface area is 166 Å². The van der Waals surface area contributed by atoms with E-state index < -0.39 is 23.6 Å². The zero-order chi connectivity index (χ0) is 20.8. The van der Waals surface area contributed by atoms with Crippen LogP contribution < -0.4 is 4.74 Å². The predicted molar refractivity (Wildman–Crippen MR) is 103 cm³/mol. The fourth-order valence-electron chi connectivity index (χ4n) is 2.67. The molecule has 0 N–H and O–H groups in total. The third kappa shape index (κ3) is 5.04. The van der Waals surface area contributed by atoms with Crippen molar-refractivity contribution in [2.75, 3.05) is 0 Å². The van der Waals surface area contributed by atoms with Gasteiger partial charge in [-0.2, -0.15) is 0 Å². The third-order valence-corrected chi connectivity index (χ3v) is 4.17. The SMILES string of the molecule is CCC(=O)Oc1ccc(-c2ccc(F)cc2F)cc1C(=O)OCc1ccccc1. The number of halogens is 2. The lowest BCUT2D eigenvalue weighted by Gasteiger charge is -2.12. The molecule has 4 nitrogen and oxygen atoms in total. The highest BCUT2D eigenvalue weighted by Crippen LogP contribution is 2.30. The minimum atomic E-state index is -0.771. The molecule has 0 atom stereocenters. The summed E-state index contributed by atoms with van der Waals surface area (Å²) in [7, 11) is 0. The number of benzene rings is 3. The van der Waals surface area contributed by atoms with E-state index in [9.17, 15) is 18.4 Å². The summed E-state index contributed by atoms with van der Waals surface area (Å²) in [5, 5.41) is 0. The standard InChI is InChI=1S/C23H18F2O4/c1-2-22(26)29-21-11-8-16(18-10-9-17(24)13-20(18)25)12-19(21)23(27)28-14-15-6-4-3-5-7-15/h3-13H,2,14H2,1H3. The van der Waals surface area contributed by atoms with Crippen molar-refractivity contribution in [3.05, 3.63) is 89.5 Å². The first-order valence-electron chi connectivity index (χ1n) is 8.99. The molecule has 29 heavy (non-hydrogen) atoms. The van der Waals surface area contributed by atoms with Crippen molar-refractivity contribution in [1.29, 1.82) is 0 Å². The van der Waals surface area contributed by atoms with Crippen LogP contribution in [0, 0.1) is 11.6 Å². The largest absolute Gasteiger partial charge is 0.457 e. The molecule has 0 unspecified atom stereocenters. The molecular weight excluding hydrogens is 378 g/mol. The molecule has 0 aromatic heterocycles. The Hall–Kier alpha value is -3.54. The highest BCUT2D eigenvalue weighted by molar-refractivity contribution is 5.95. The molecule has 0 saturated heterocycles.